The first-order chi connectivity index (χ1) is 9.76. The molecular weight excluding hydrogens is 258 g/mol. The number of ether oxygens (including phenoxy) is 1. The molecule has 2 N–H and O–H groups in total. The van der Waals surface area contributed by atoms with Gasteiger partial charge in [-0.3, -0.25) is 4.79 Å². The molecule has 1 amide bonds. The first-order valence-corrected chi connectivity index (χ1v) is 6.90. The van der Waals surface area contributed by atoms with Crippen molar-refractivity contribution in [2.75, 3.05) is 38.7 Å². The minimum absolute atomic E-state index is 0.00283. The summed E-state index contributed by atoms with van der Waals surface area (Å²) in [6.45, 7) is 1.76. The normalized spacial score (nSPS) is 16.2. The standard InChI is InChI=1S/C14H21N3O3/c1-15-13-12(3-2-6-16-13)14(19)17-7-4-11(5-8-17)20-10-9-18/h2-3,6,11,18H,4-5,7-10H2,1H3,(H,15,16). The van der Waals surface area contributed by atoms with Crippen LogP contribution in [-0.2, 0) is 4.74 Å². The smallest absolute Gasteiger partial charge is 0.257 e. The zero-order valence-electron chi connectivity index (χ0n) is 11.7. The average molecular weight is 279 g/mol. The first kappa shape index (κ1) is 14.7. The van der Waals surface area contributed by atoms with Crippen molar-refractivity contribution in [2.45, 2.75) is 18.9 Å². The maximum atomic E-state index is 12.5. The fraction of sp³-hybridized carbons (Fsp3) is 0.571. The Morgan fingerprint density at radius 2 is 2.30 bits per heavy atom. The van der Waals surface area contributed by atoms with Gasteiger partial charge in [0.1, 0.15) is 5.82 Å². The number of amides is 1. The van der Waals surface area contributed by atoms with Gasteiger partial charge in [0.2, 0.25) is 0 Å². The SMILES string of the molecule is CNc1ncccc1C(=O)N1CCC(OCCO)CC1. The molecule has 1 aliphatic rings. The van der Waals surface area contributed by atoms with Gasteiger partial charge in [-0.15, -0.1) is 0 Å². The lowest BCUT2D eigenvalue weighted by atomic mass is 10.1. The second kappa shape index (κ2) is 7.21. The number of carbonyl (C=O) groups excluding carboxylic acids is 1. The van der Waals surface area contributed by atoms with Crippen molar-refractivity contribution < 1.29 is 14.6 Å². The lowest BCUT2D eigenvalue weighted by Crippen LogP contribution is -2.41. The van der Waals surface area contributed by atoms with E-state index in [4.69, 9.17) is 9.84 Å². The number of anilines is 1. The number of pyridine rings is 1. The van der Waals surface area contributed by atoms with Crippen LogP contribution in [0.4, 0.5) is 5.82 Å². The van der Waals surface area contributed by atoms with Gasteiger partial charge in [0, 0.05) is 26.3 Å². The fourth-order valence-electron chi connectivity index (χ4n) is 2.39. The summed E-state index contributed by atoms with van der Waals surface area (Å²) in [5.41, 5.74) is 0.602. The van der Waals surface area contributed by atoms with Crippen LogP contribution in [0.1, 0.15) is 23.2 Å². The Balaban J connectivity index is 1.94. The molecule has 1 aromatic rings. The molecule has 0 saturated carbocycles. The number of aliphatic hydroxyl groups excluding tert-OH is 1. The molecule has 0 atom stereocenters. The van der Waals surface area contributed by atoms with Crippen LogP contribution in [0, 0.1) is 0 Å². The van der Waals surface area contributed by atoms with E-state index in [-0.39, 0.29) is 18.6 Å². The van der Waals surface area contributed by atoms with E-state index in [0.717, 1.165) is 12.8 Å². The molecule has 1 aromatic heterocycles. The second-order valence-electron chi connectivity index (χ2n) is 4.74. The Bertz CT molecular complexity index is 445. The molecule has 20 heavy (non-hydrogen) atoms. The van der Waals surface area contributed by atoms with Gasteiger partial charge in [-0.25, -0.2) is 4.98 Å². The van der Waals surface area contributed by atoms with Crippen LogP contribution in [0.5, 0.6) is 0 Å². The van der Waals surface area contributed by atoms with Crippen LogP contribution in [0.2, 0.25) is 0 Å². The molecule has 0 aliphatic carbocycles. The average Bonchev–Trinajstić information content (AvgIpc) is 2.52. The quantitative estimate of drug-likeness (QED) is 0.831. The Hall–Kier alpha value is -1.66. The number of aliphatic hydroxyl groups is 1. The predicted octanol–water partition coefficient (Wildman–Crippen LogP) is 0.737. The molecule has 6 nitrogen and oxygen atoms in total. The molecule has 1 aliphatic heterocycles. The number of rotatable bonds is 5. The van der Waals surface area contributed by atoms with Crippen molar-refractivity contribution in [1.29, 1.82) is 0 Å². The maximum absolute atomic E-state index is 12.5. The van der Waals surface area contributed by atoms with Crippen molar-refractivity contribution >= 4 is 11.7 Å². The Morgan fingerprint density at radius 1 is 1.55 bits per heavy atom. The van der Waals surface area contributed by atoms with Crippen molar-refractivity contribution in [2.24, 2.45) is 0 Å². The molecular formula is C14H21N3O3. The van der Waals surface area contributed by atoms with E-state index in [1.54, 1.807) is 25.4 Å². The van der Waals surface area contributed by atoms with Gasteiger partial charge in [-0.05, 0) is 25.0 Å². The van der Waals surface area contributed by atoms with E-state index in [9.17, 15) is 4.79 Å². The summed E-state index contributed by atoms with van der Waals surface area (Å²) in [6, 6.07) is 3.56. The molecule has 110 valence electrons. The largest absolute Gasteiger partial charge is 0.394 e. The Kier molecular flexibility index (Phi) is 5.31. The highest BCUT2D eigenvalue weighted by atomic mass is 16.5. The van der Waals surface area contributed by atoms with Crippen LogP contribution in [0.3, 0.4) is 0 Å². The zero-order valence-corrected chi connectivity index (χ0v) is 11.7. The number of carbonyl (C=O) groups is 1. The Labute approximate surface area is 118 Å². The molecule has 0 radical (unpaired) electrons. The highest BCUT2D eigenvalue weighted by molar-refractivity contribution is 5.98. The topological polar surface area (TPSA) is 74.7 Å². The van der Waals surface area contributed by atoms with Gasteiger partial charge in [0.15, 0.2) is 0 Å². The van der Waals surface area contributed by atoms with E-state index >= 15 is 0 Å². The third kappa shape index (κ3) is 3.46. The van der Waals surface area contributed by atoms with Gasteiger partial charge < -0.3 is 20.1 Å². The number of piperidine rings is 1. The molecule has 0 aromatic carbocycles. The van der Waals surface area contributed by atoms with Crippen molar-refractivity contribution in [1.82, 2.24) is 9.88 Å². The number of aromatic nitrogens is 1. The number of nitrogens with one attached hydrogen (secondary N) is 1. The summed E-state index contributed by atoms with van der Waals surface area (Å²) >= 11 is 0. The van der Waals surface area contributed by atoms with Gasteiger partial charge in [0.25, 0.3) is 5.91 Å². The second-order valence-corrected chi connectivity index (χ2v) is 4.74. The summed E-state index contributed by atoms with van der Waals surface area (Å²) < 4.78 is 5.50. The fourth-order valence-corrected chi connectivity index (χ4v) is 2.39. The summed E-state index contributed by atoms with van der Waals surface area (Å²) in [5, 5.41) is 11.7. The molecule has 2 rings (SSSR count). The highest BCUT2D eigenvalue weighted by Crippen LogP contribution is 2.19. The monoisotopic (exact) mass is 279 g/mol. The molecule has 1 fully saturated rings. The van der Waals surface area contributed by atoms with Crippen molar-refractivity contribution in [3.05, 3.63) is 23.9 Å². The maximum Gasteiger partial charge on any atom is 0.257 e. The van der Waals surface area contributed by atoms with E-state index in [1.165, 1.54) is 0 Å². The minimum atomic E-state index is 0.00283. The van der Waals surface area contributed by atoms with Crippen LogP contribution in [0.15, 0.2) is 18.3 Å². The van der Waals surface area contributed by atoms with Crippen molar-refractivity contribution in [3.63, 3.8) is 0 Å². The number of nitrogens with zero attached hydrogens (tertiary/aromatic N) is 2. The number of hydrogen-bond donors (Lipinski definition) is 2. The van der Waals surface area contributed by atoms with E-state index in [2.05, 4.69) is 10.3 Å². The molecule has 0 unspecified atom stereocenters. The summed E-state index contributed by atoms with van der Waals surface area (Å²) in [4.78, 5) is 18.5. The Morgan fingerprint density at radius 3 is 2.95 bits per heavy atom. The summed E-state index contributed by atoms with van der Waals surface area (Å²) in [5.74, 6) is 0.610. The van der Waals surface area contributed by atoms with E-state index < -0.39 is 0 Å². The van der Waals surface area contributed by atoms with Gasteiger partial charge in [-0.2, -0.15) is 0 Å². The lowest BCUT2D eigenvalue weighted by molar-refractivity contribution is -0.00552. The molecule has 0 bridgehead atoms. The highest BCUT2D eigenvalue weighted by Gasteiger charge is 2.25. The number of hydrogen-bond acceptors (Lipinski definition) is 5. The van der Waals surface area contributed by atoms with Crippen LogP contribution in [-0.4, -0.2) is 60.4 Å². The summed E-state index contributed by atoms with van der Waals surface area (Å²) in [6.07, 6.45) is 3.42. The van der Waals surface area contributed by atoms with E-state index in [1.807, 2.05) is 4.90 Å². The first-order valence-electron chi connectivity index (χ1n) is 6.90. The minimum Gasteiger partial charge on any atom is -0.394 e. The van der Waals surface area contributed by atoms with Crippen LogP contribution < -0.4 is 5.32 Å². The van der Waals surface area contributed by atoms with E-state index in [0.29, 0.717) is 31.1 Å². The molecule has 0 spiro atoms. The molecule has 2 heterocycles. The third-order valence-corrected chi connectivity index (χ3v) is 3.45. The lowest BCUT2D eigenvalue weighted by Gasteiger charge is -2.32. The van der Waals surface area contributed by atoms with Gasteiger partial charge >= 0.3 is 0 Å². The third-order valence-electron chi connectivity index (χ3n) is 3.45. The van der Waals surface area contributed by atoms with Crippen molar-refractivity contribution in [3.8, 4) is 0 Å². The molecule has 6 heteroatoms. The zero-order chi connectivity index (χ0) is 14.4. The van der Waals surface area contributed by atoms with Crippen LogP contribution in [0.25, 0.3) is 0 Å². The predicted molar refractivity (Wildman–Crippen MR) is 75.7 cm³/mol. The van der Waals surface area contributed by atoms with Crippen LogP contribution >= 0.6 is 0 Å². The van der Waals surface area contributed by atoms with Gasteiger partial charge in [0.05, 0.1) is 24.9 Å². The molecule has 1 saturated heterocycles. The number of likely N-dealkylation sites (tertiary alicyclic amines) is 1. The summed E-state index contributed by atoms with van der Waals surface area (Å²) in [7, 11) is 1.76. The van der Waals surface area contributed by atoms with Gasteiger partial charge in [-0.1, -0.05) is 0 Å².